The fourth-order valence-corrected chi connectivity index (χ4v) is 5.47. The summed E-state index contributed by atoms with van der Waals surface area (Å²) in [6.45, 7) is 4.79. The van der Waals surface area contributed by atoms with Gasteiger partial charge in [-0.2, -0.15) is 14.1 Å². The molecule has 4 rings (SSSR count). The van der Waals surface area contributed by atoms with Gasteiger partial charge in [0.2, 0.25) is 16.0 Å². The molecule has 2 aromatic heterocycles. The Hall–Kier alpha value is -3.31. The summed E-state index contributed by atoms with van der Waals surface area (Å²) in [6.07, 6.45) is 4.22. The van der Waals surface area contributed by atoms with Gasteiger partial charge in [0.25, 0.3) is 11.5 Å². The van der Waals surface area contributed by atoms with Gasteiger partial charge in [-0.15, -0.1) is 0 Å². The summed E-state index contributed by atoms with van der Waals surface area (Å²) in [4.78, 5) is 32.2. The topological polar surface area (TPSA) is 130 Å². The van der Waals surface area contributed by atoms with Gasteiger partial charge in [-0.25, -0.2) is 13.4 Å². The molecule has 0 bridgehead atoms. The van der Waals surface area contributed by atoms with Crippen molar-refractivity contribution in [3.05, 3.63) is 63.7 Å². The molecule has 0 atom stereocenters. The van der Waals surface area contributed by atoms with E-state index >= 15 is 0 Å². The molecule has 0 aliphatic carbocycles. The van der Waals surface area contributed by atoms with E-state index in [1.165, 1.54) is 39.3 Å². The van der Waals surface area contributed by atoms with E-state index in [0.29, 0.717) is 42.3 Å². The fourth-order valence-electron chi connectivity index (χ4n) is 3.95. The Morgan fingerprint density at radius 1 is 1.12 bits per heavy atom. The minimum Gasteiger partial charge on any atom is -0.306 e. The first-order valence-corrected chi connectivity index (χ1v) is 12.8. The standard InChI is InChI=1S/C23H28N6O4S/c1-3-7-18-15-21(30)26-23(24-18)29-20(14-16(2)27-29)25-22(31)17-8-10-19(11-9-17)34(32,33)28-12-5-4-6-13-28/h8-11,14-15H,3-7,12-13H2,1-2H3,(H,25,31)(H,24,26,30). The van der Waals surface area contributed by atoms with Gasteiger partial charge in [-0.3, -0.25) is 14.6 Å². The van der Waals surface area contributed by atoms with E-state index in [1.54, 1.807) is 13.0 Å². The molecule has 1 aliphatic heterocycles. The number of nitrogens with one attached hydrogen (secondary N) is 2. The van der Waals surface area contributed by atoms with Gasteiger partial charge in [0.05, 0.1) is 10.6 Å². The van der Waals surface area contributed by atoms with Gasteiger partial charge in [0, 0.05) is 36.5 Å². The van der Waals surface area contributed by atoms with Crippen LogP contribution >= 0.6 is 0 Å². The number of hydrogen-bond acceptors (Lipinski definition) is 6. The third-order valence-electron chi connectivity index (χ3n) is 5.63. The maximum absolute atomic E-state index is 12.9. The van der Waals surface area contributed by atoms with E-state index in [-0.39, 0.29) is 16.4 Å². The van der Waals surface area contributed by atoms with Gasteiger partial charge in [-0.1, -0.05) is 19.8 Å². The molecule has 0 spiro atoms. The Bertz CT molecular complexity index is 1340. The lowest BCUT2D eigenvalue weighted by molar-refractivity contribution is 0.102. The van der Waals surface area contributed by atoms with E-state index in [9.17, 15) is 18.0 Å². The zero-order chi connectivity index (χ0) is 24.3. The van der Waals surface area contributed by atoms with Crippen molar-refractivity contribution >= 4 is 21.7 Å². The monoisotopic (exact) mass is 484 g/mol. The highest BCUT2D eigenvalue weighted by Crippen LogP contribution is 2.21. The van der Waals surface area contributed by atoms with E-state index in [1.807, 2.05) is 6.92 Å². The van der Waals surface area contributed by atoms with Gasteiger partial charge in [-0.05, 0) is 50.5 Å². The van der Waals surface area contributed by atoms with Crippen molar-refractivity contribution in [1.82, 2.24) is 24.1 Å². The lowest BCUT2D eigenvalue weighted by Gasteiger charge is -2.25. The van der Waals surface area contributed by atoms with Crippen LogP contribution in [-0.4, -0.2) is 51.5 Å². The summed E-state index contributed by atoms with van der Waals surface area (Å²) in [5, 5.41) is 7.13. The van der Waals surface area contributed by atoms with Crippen LogP contribution in [0.2, 0.25) is 0 Å². The quantitative estimate of drug-likeness (QED) is 0.530. The number of H-pyrrole nitrogens is 1. The molecule has 0 radical (unpaired) electrons. The maximum Gasteiger partial charge on any atom is 0.256 e. The third kappa shape index (κ3) is 5.10. The van der Waals surface area contributed by atoms with Crippen LogP contribution < -0.4 is 10.9 Å². The molecular formula is C23H28N6O4S. The Morgan fingerprint density at radius 3 is 2.50 bits per heavy atom. The zero-order valence-corrected chi connectivity index (χ0v) is 20.1. The second-order valence-electron chi connectivity index (χ2n) is 8.34. The Kier molecular flexibility index (Phi) is 6.94. The van der Waals surface area contributed by atoms with Crippen LogP contribution in [0, 0.1) is 6.92 Å². The van der Waals surface area contributed by atoms with Crippen molar-refractivity contribution in [2.75, 3.05) is 18.4 Å². The molecule has 10 nitrogen and oxygen atoms in total. The molecule has 1 aliphatic rings. The molecule has 1 fully saturated rings. The van der Waals surface area contributed by atoms with Crippen molar-refractivity contribution < 1.29 is 13.2 Å². The van der Waals surface area contributed by atoms with E-state index in [2.05, 4.69) is 20.4 Å². The average molecular weight is 485 g/mol. The number of carbonyl (C=O) groups is 1. The molecular weight excluding hydrogens is 456 g/mol. The highest BCUT2D eigenvalue weighted by Gasteiger charge is 2.26. The molecule has 34 heavy (non-hydrogen) atoms. The molecule has 1 aromatic carbocycles. The Morgan fingerprint density at radius 2 is 1.82 bits per heavy atom. The van der Waals surface area contributed by atoms with Crippen LogP contribution in [0.25, 0.3) is 5.95 Å². The van der Waals surface area contributed by atoms with Crippen LogP contribution in [0.1, 0.15) is 54.4 Å². The van der Waals surface area contributed by atoms with Crippen LogP contribution in [0.5, 0.6) is 0 Å². The van der Waals surface area contributed by atoms with Gasteiger partial charge < -0.3 is 5.32 Å². The van der Waals surface area contributed by atoms with Crippen LogP contribution in [0.4, 0.5) is 5.82 Å². The maximum atomic E-state index is 12.9. The second-order valence-corrected chi connectivity index (χ2v) is 10.3. The minimum atomic E-state index is -3.57. The largest absolute Gasteiger partial charge is 0.306 e. The van der Waals surface area contributed by atoms with Crippen LogP contribution in [-0.2, 0) is 16.4 Å². The van der Waals surface area contributed by atoms with Crippen LogP contribution in [0.3, 0.4) is 0 Å². The smallest absolute Gasteiger partial charge is 0.256 e. The summed E-state index contributed by atoms with van der Waals surface area (Å²) in [6, 6.07) is 8.99. The van der Waals surface area contributed by atoms with E-state index in [4.69, 9.17) is 0 Å². The first kappa shape index (κ1) is 23.8. The predicted molar refractivity (Wildman–Crippen MR) is 128 cm³/mol. The summed E-state index contributed by atoms with van der Waals surface area (Å²) in [5.41, 5.74) is 1.26. The van der Waals surface area contributed by atoms with Crippen molar-refractivity contribution in [2.24, 2.45) is 0 Å². The summed E-state index contributed by atoms with van der Waals surface area (Å²) < 4.78 is 28.6. The fraction of sp³-hybridized carbons (Fsp3) is 0.391. The van der Waals surface area contributed by atoms with Crippen molar-refractivity contribution in [3.63, 3.8) is 0 Å². The second kappa shape index (κ2) is 9.90. The predicted octanol–water partition coefficient (Wildman–Crippen LogP) is 2.64. The van der Waals surface area contributed by atoms with Gasteiger partial charge in [0.15, 0.2) is 0 Å². The first-order valence-electron chi connectivity index (χ1n) is 11.4. The lowest BCUT2D eigenvalue weighted by Crippen LogP contribution is -2.35. The Balaban J connectivity index is 1.56. The number of carbonyl (C=O) groups excluding carboxylic acids is 1. The number of hydrogen-bond donors (Lipinski definition) is 2. The number of amides is 1. The number of aromatic amines is 1. The minimum absolute atomic E-state index is 0.168. The number of sulfonamides is 1. The number of anilines is 1. The zero-order valence-electron chi connectivity index (χ0n) is 19.2. The molecule has 1 amide bonds. The first-order chi connectivity index (χ1) is 16.3. The lowest BCUT2D eigenvalue weighted by atomic mass is 10.2. The average Bonchev–Trinajstić information content (AvgIpc) is 3.19. The van der Waals surface area contributed by atoms with Gasteiger partial charge in [0.1, 0.15) is 5.82 Å². The van der Waals surface area contributed by atoms with E-state index < -0.39 is 15.9 Å². The van der Waals surface area contributed by atoms with Crippen molar-refractivity contribution in [1.29, 1.82) is 0 Å². The molecule has 2 N–H and O–H groups in total. The van der Waals surface area contributed by atoms with Crippen LogP contribution in [0.15, 0.2) is 46.1 Å². The molecule has 1 saturated heterocycles. The number of nitrogens with zero attached hydrogens (tertiary/aromatic N) is 4. The molecule has 3 heterocycles. The summed E-state index contributed by atoms with van der Waals surface area (Å²) >= 11 is 0. The molecule has 180 valence electrons. The Labute approximate surface area is 198 Å². The van der Waals surface area contributed by atoms with Crippen molar-refractivity contribution in [3.8, 4) is 5.95 Å². The number of rotatable bonds is 7. The third-order valence-corrected chi connectivity index (χ3v) is 7.54. The van der Waals surface area contributed by atoms with Gasteiger partial charge >= 0.3 is 0 Å². The summed E-state index contributed by atoms with van der Waals surface area (Å²) in [7, 11) is -3.57. The molecule has 11 heteroatoms. The highest BCUT2D eigenvalue weighted by molar-refractivity contribution is 7.89. The molecule has 0 unspecified atom stereocenters. The normalized spacial score (nSPS) is 14.8. The SMILES string of the molecule is CCCc1cc(=O)[nH]c(-n2nc(C)cc2NC(=O)c2ccc(S(=O)(=O)N3CCCCC3)cc2)n1. The molecule has 0 saturated carbocycles. The number of benzene rings is 1. The van der Waals surface area contributed by atoms with E-state index in [0.717, 1.165) is 25.7 Å². The van der Waals surface area contributed by atoms with Crippen molar-refractivity contribution in [2.45, 2.75) is 50.8 Å². The number of piperidine rings is 1. The summed E-state index contributed by atoms with van der Waals surface area (Å²) in [5.74, 6) is 0.113. The highest BCUT2D eigenvalue weighted by atomic mass is 32.2. The number of aromatic nitrogens is 4. The molecule has 3 aromatic rings. The number of aryl methyl sites for hydroxylation is 2.